The van der Waals surface area contributed by atoms with E-state index in [2.05, 4.69) is 63.3 Å². The second-order valence-corrected chi connectivity index (χ2v) is 8.08. The van der Waals surface area contributed by atoms with Crippen LogP contribution in [0.3, 0.4) is 0 Å². The number of rotatable bonds is 4. The van der Waals surface area contributed by atoms with Crippen LogP contribution in [-0.2, 0) is 6.42 Å². The van der Waals surface area contributed by atoms with E-state index in [1.807, 2.05) is 6.07 Å². The van der Waals surface area contributed by atoms with Crippen LogP contribution in [0.5, 0.6) is 5.75 Å². The number of benzene rings is 2. The van der Waals surface area contributed by atoms with Crippen molar-refractivity contribution >= 4 is 6.09 Å². The molecule has 1 aliphatic rings. The molecule has 1 unspecified atom stereocenters. The maximum atomic E-state index is 11.2. The van der Waals surface area contributed by atoms with Crippen molar-refractivity contribution < 1.29 is 14.6 Å². The minimum Gasteiger partial charge on any atom is -0.496 e. The Morgan fingerprint density at radius 3 is 2.42 bits per heavy atom. The zero-order valence-electron chi connectivity index (χ0n) is 16.1. The lowest BCUT2D eigenvalue weighted by Crippen LogP contribution is -2.34. The summed E-state index contributed by atoms with van der Waals surface area (Å²) >= 11 is 0. The number of methoxy groups -OCH3 is 1. The molecular formula is C22H27NO3. The normalized spacial score (nSPS) is 17.8. The summed E-state index contributed by atoms with van der Waals surface area (Å²) in [5, 5.41) is 11.9. The molecule has 0 radical (unpaired) electrons. The first-order chi connectivity index (χ1) is 12.2. The summed E-state index contributed by atoms with van der Waals surface area (Å²) in [6.45, 7) is 8.56. The molecule has 0 saturated carbocycles. The van der Waals surface area contributed by atoms with Crippen molar-refractivity contribution in [2.75, 3.05) is 7.11 Å². The van der Waals surface area contributed by atoms with E-state index in [0.717, 1.165) is 28.9 Å². The Hall–Kier alpha value is -2.49. The van der Waals surface area contributed by atoms with E-state index < -0.39 is 6.09 Å². The summed E-state index contributed by atoms with van der Waals surface area (Å²) in [7, 11) is 1.66. The smallest absolute Gasteiger partial charge is 0.405 e. The third-order valence-corrected chi connectivity index (χ3v) is 5.36. The molecule has 4 nitrogen and oxygen atoms in total. The molecule has 0 aromatic heterocycles. The highest BCUT2D eigenvalue weighted by molar-refractivity contribution is 5.74. The fourth-order valence-corrected chi connectivity index (χ4v) is 3.91. The van der Waals surface area contributed by atoms with Gasteiger partial charge in [-0.1, -0.05) is 52.0 Å². The third kappa shape index (κ3) is 3.28. The molecule has 0 bridgehead atoms. The van der Waals surface area contributed by atoms with Crippen LogP contribution in [0.4, 0.5) is 4.79 Å². The zero-order valence-corrected chi connectivity index (χ0v) is 16.1. The van der Waals surface area contributed by atoms with E-state index in [1.54, 1.807) is 7.11 Å². The monoisotopic (exact) mass is 353 g/mol. The molecule has 1 atom stereocenters. The molecule has 2 aromatic rings. The maximum Gasteiger partial charge on any atom is 0.405 e. The molecule has 0 heterocycles. The quantitative estimate of drug-likeness (QED) is 0.776. The van der Waals surface area contributed by atoms with E-state index in [9.17, 15) is 9.90 Å². The predicted octanol–water partition coefficient (Wildman–Crippen LogP) is 5.38. The van der Waals surface area contributed by atoms with E-state index in [4.69, 9.17) is 4.74 Å². The number of nitrogens with one attached hydrogen (secondary N) is 1. The first-order valence-electron chi connectivity index (χ1n) is 9.03. The van der Waals surface area contributed by atoms with Gasteiger partial charge in [0.05, 0.1) is 13.2 Å². The fourth-order valence-electron chi connectivity index (χ4n) is 3.91. The van der Waals surface area contributed by atoms with Gasteiger partial charge in [-0.05, 0) is 52.1 Å². The minimum atomic E-state index is -0.997. The SMILES string of the molecule is COc1cc2c(cc1-c1ccc(C(C)C)cc1)CC(C)(C)C2NC(=O)O. The first kappa shape index (κ1) is 18.3. The molecule has 4 heteroatoms. The molecule has 138 valence electrons. The Balaban J connectivity index is 2.06. The second-order valence-electron chi connectivity index (χ2n) is 8.08. The van der Waals surface area contributed by atoms with Crippen LogP contribution < -0.4 is 10.1 Å². The molecular weight excluding hydrogens is 326 g/mol. The highest BCUT2D eigenvalue weighted by atomic mass is 16.5. The number of carboxylic acid groups (broad SMARTS) is 1. The van der Waals surface area contributed by atoms with Crippen molar-refractivity contribution in [2.45, 2.75) is 46.1 Å². The maximum absolute atomic E-state index is 11.2. The molecule has 0 spiro atoms. The van der Waals surface area contributed by atoms with E-state index in [1.165, 1.54) is 11.1 Å². The summed E-state index contributed by atoms with van der Waals surface area (Å²) in [6, 6.07) is 12.5. The molecule has 3 rings (SSSR count). The fraction of sp³-hybridized carbons (Fsp3) is 0.409. The van der Waals surface area contributed by atoms with Gasteiger partial charge >= 0.3 is 6.09 Å². The van der Waals surface area contributed by atoms with Crippen LogP contribution in [0, 0.1) is 5.41 Å². The van der Waals surface area contributed by atoms with Crippen molar-refractivity contribution in [2.24, 2.45) is 5.41 Å². The van der Waals surface area contributed by atoms with Crippen molar-refractivity contribution in [3.63, 3.8) is 0 Å². The Morgan fingerprint density at radius 2 is 1.88 bits per heavy atom. The van der Waals surface area contributed by atoms with Crippen LogP contribution in [0.1, 0.15) is 56.3 Å². The van der Waals surface area contributed by atoms with Crippen LogP contribution in [-0.4, -0.2) is 18.3 Å². The van der Waals surface area contributed by atoms with Gasteiger partial charge in [-0.25, -0.2) is 4.79 Å². The van der Waals surface area contributed by atoms with Gasteiger partial charge in [0.15, 0.2) is 0 Å². The van der Waals surface area contributed by atoms with Crippen molar-refractivity contribution in [3.05, 3.63) is 53.1 Å². The number of fused-ring (bicyclic) bond motifs is 1. The Bertz CT molecular complexity index is 822. The van der Waals surface area contributed by atoms with Crippen LogP contribution >= 0.6 is 0 Å². The lowest BCUT2D eigenvalue weighted by molar-refractivity contribution is 0.175. The van der Waals surface area contributed by atoms with Crippen LogP contribution in [0.2, 0.25) is 0 Å². The lowest BCUT2D eigenvalue weighted by Gasteiger charge is -2.27. The van der Waals surface area contributed by atoms with Gasteiger partial charge in [-0.15, -0.1) is 0 Å². The van der Waals surface area contributed by atoms with Gasteiger partial charge in [-0.2, -0.15) is 0 Å². The summed E-state index contributed by atoms with van der Waals surface area (Å²) in [4.78, 5) is 11.2. The Labute approximate surface area is 155 Å². The Morgan fingerprint density at radius 1 is 1.23 bits per heavy atom. The average Bonchev–Trinajstić information content (AvgIpc) is 2.82. The van der Waals surface area contributed by atoms with Gasteiger partial charge in [0.2, 0.25) is 0 Å². The van der Waals surface area contributed by atoms with Crippen LogP contribution in [0.15, 0.2) is 36.4 Å². The highest BCUT2D eigenvalue weighted by Gasteiger charge is 2.40. The second kappa shape index (κ2) is 6.67. The summed E-state index contributed by atoms with van der Waals surface area (Å²) < 4.78 is 5.65. The number of amides is 1. The van der Waals surface area contributed by atoms with E-state index in [-0.39, 0.29) is 11.5 Å². The minimum absolute atomic E-state index is 0.175. The van der Waals surface area contributed by atoms with Gasteiger partial charge in [-0.3, -0.25) is 0 Å². The zero-order chi connectivity index (χ0) is 19.1. The molecule has 2 aromatic carbocycles. The molecule has 1 amide bonds. The molecule has 2 N–H and O–H groups in total. The largest absolute Gasteiger partial charge is 0.496 e. The van der Waals surface area contributed by atoms with Gasteiger partial charge in [0.25, 0.3) is 0 Å². The molecule has 0 saturated heterocycles. The van der Waals surface area contributed by atoms with E-state index in [0.29, 0.717) is 5.92 Å². The van der Waals surface area contributed by atoms with Crippen molar-refractivity contribution in [1.29, 1.82) is 0 Å². The first-order valence-corrected chi connectivity index (χ1v) is 9.03. The van der Waals surface area contributed by atoms with Crippen LogP contribution in [0.25, 0.3) is 11.1 Å². The molecule has 1 aliphatic carbocycles. The third-order valence-electron chi connectivity index (χ3n) is 5.36. The highest BCUT2D eigenvalue weighted by Crippen LogP contribution is 2.48. The number of ether oxygens (including phenoxy) is 1. The lowest BCUT2D eigenvalue weighted by atomic mass is 9.85. The predicted molar refractivity (Wildman–Crippen MR) is 104 cm³/mol. The molecule has 0 aliphatic heterocycles. The number of carbonyl (C=O) groups is 1. The number of hydrogen-bond donors (Lipinski definition) is 2. The van der Waals surface area contributed by atoms with E-state index >= 15 is 0 Å². The van der Waals surface area contributed by atoms with Crippen molar-refractivity contribution in [1.82, 2.24) is 5.32 Å². The topological polar surface area (TPSA) is 58.6 Å². The number of hydrogen-bond acceptors (Lipinski definition) is 2. The summed E-state index contributed by atoms with van der Waals surface area (Å²) in [5.41, 5.74) is 5.48. The Kier molecular flexibility index (Phi) is 4.70. The molecule has 26 heavy (non-hydrogen) atoms. The molecule has 0 fully saturated rings. The van der Waals surface area contributed by atoms with Gasteiger partial charge in [0.1, 0.15) is 5.75 Å². The summed E-state index contributed by atoms with van der Waals surface area (Å²) in [6.07, 6.45) is -0.169. The van der Waals surface area contributed by atoms with Gasteiger partial charge < -0.3 is 15.2 Å². The summed E-state index contributed by atoms with van der Waals surface area (Å²) in [5.74, 6) is 1.27. The average molecular weight is 353 g/mol. The van der Waals surface area contributed by atoms with Crippen molar-refractivity contribution in [3.8, 4) is 16.9 Å². The standard InChI is InChI=1S/C22H27NO3/c1-13(2)14-6-8-15(9-7-14)17-10-16-12-22(3,4)20(23-21(24)25)18(16)11-19(17)26-5/h6-11,13,20,23H,12H2,1-5H3,(H,24,25). The van der Waals surface area contributed by atoms with Gasteiger partial charge in [0, 0.05) is 5.56 Å².